The van der Waals surface area contributed by atoms with Crippen molar-refractivity contribution in [2.24, 2.45) is 0 Å². The van der Waals surface area contributed by atoms with Crippen molar-refractivity contribution in [3.8, 4) is 0 Å². The highest BCUT2D eigenvalue weighted by atomic mass is 32.2. The zero-order chi connectivity index (χ0) is 15.7. The highest BCUT2D eigenvalue weighted by molar-refractivity contribution is 8.00. The number of hydrogen-bond acceptors (Lipinski definition) is 4. The fraction of sp³-hybridized carbons (Fsp3) is 0.600. The normalized spacial score (nSPS) is 10.6. The van der Waals surface area contributed by atoms with Gasteiger partial charge in [0.05, 0.1) is 5.75 Å². The number of thioether (sulfide) groups is 1. The molecule has 1 rings (SSSR count). The number of rotatable bonds is 10. The minimum Gasteiger partial charge on any atom is -0.477 e. The maximum atomic E-state index is 12.3. The molecule has 0 atom stereocenters. The lowest BCUT2D eigenvalue weighted by Gasteiger charge is -2.22. The van der Waals surface area contributed by atoms with E-state index in [0.717, 1.165) is 43.7 Å². The van der Waals surface area contributed by atoms with Crippen LogP contribution in [-0.4, -0.2) is 40.7 Å². The van der Waals surface area contributed by atoms with E-state index in [4.69, 9.17) is 5.11 Å². The molecule has 0 aromatic carbocycles. The molecule has 1 aromatic rings. The van der Waals surface area contributed by atoms with E-state index in [2.05, 4.69) is 13.8 Å². The van der Waals surface area contributed by atoms with Crippen molar-refractivity contribution in [3.63, 3.8) is 0 Å². The molecule has 0 aliphatic heterocycles. The molecule has 118 valence electrons. The third-order valence-electron chi connectivity index (χ3n) is 3.06. The molecule has 6 heteroatoms. The maximum absolute atomic E-state index is 12.3. The van der Waals surface area contributed by atoms with E-state index >= 15 is 0 Å². The van der Waals surface area contributed by atoms with Gasteiger partial charge in [-0.3, -0.25) is 4.79 Å². The van der Waals surface area contributed by atoms with Crippen LogP contribution in [0.5, 0.6) is 0 Å². The fourth-order valence-corrected chi connectivity index (χ4v) is 3.57. The van der Waals surface area contributed by atoms with Crippen LogP contribution in [0.3, 0.4) is 0 Å². The molecular formula is C15H23NO3S2. The number of hydrogen-bond donors (Lipinski definition) is 1. The van der Waals surface area contributed by atoms with Gasteiger partial charge in [-0.05, 0) is 18.9 Å². The van der Waals surface area contributed by atoms with E-state index in [0.29, 0.717) is 10.6 Å². The zero-order valence-corrected chi connectivity index (χ0v) is 14.3. The summed E-state index contributed by atoms with van der Waals surface area (Å²) in [5, 5.41) is 10.7. The topological polar surface area (TPSA) is 57.6 Å². The van der Waals surface area contributed by atoms with Crippen LogP contribution in [0.2, 0.25) is 0 Å². The molecule has 0 aliphatic carbocycles. The van der Waals surface area contributed by atoms with E-state index < -0.39 is 5.97 Å². The van der Waals surface area contributed by atoms with Gasteiger partial charge in [-0.2, -0.15) is 0 Å². The van der Waals surface area contributed by atoms with Crippen molar-refractivity contribution in [2.45, 2.75) is 44.4 Å². The summed E-state index contributed by atoms with van der Waals surface area (Å²) >= 11 is 2.62. The molecule has 21 heavy (non-hydrogen) atoms. The molecule has 4 nitrogen and oxygen atoms in total. The van der Waals surface area contributed by atoms with Gasteiger partial charge in [0, 0.05) is 23.4 Å². The molecule has 1 aromatic heterocycles. The first-order valence-electron chi connectivity index (χ1n) is 7.30. The van der Waals surface area contributed by atoms with E-state index in [9.17, 15) is 9.59 Å². The summed E-state index contributed by atoms with van der Waals surface area (Å²) in [6.07, 6.45) is 4.22. The van der Waals surface area contributed by atoms with Crippen LogP contribution >= 0.6 is 23.1 Å². The number of aromatic carboxylic acids is 1. The highest BCUT2D eigenvalue weighted by Crippen LogP contribution is 2.25. The second-order valence-electron chi connectivity index (χ2n) is 4.83. The summed E-state index contributed by atoms with van der Waals surface area (Å²) in [4.78, 5) is 26.2. The summed E-state index contributed by atoms with van der Waals surface area (Å²) in [6.45, 7) is 5.88. The number of carboxylic acid groups (broad SMARTS) is 1. The first kappa shape index (κ1) is 18.0. The van der Waals surface area contributed by atoms with Gasteiger partial charge in [0.15, 0.2) is 0 Å². The van der Waals surface area contributed by atoms with Gasteiger partial charge in [0.1, 0.15) is 4.88 Å². The number of nitrogens with zero attached hydrogens (tertiary/aromatic N) is 1. The Morgan fingerprint density at radius 1 is 1.24 bits per heavy atom. The highest BCUT2D eigenvalue weighted by Gasteiger charge is 2.14. The van der Waals surface area contributed by atoms with Gasteiger partial charge in [-0.15, -0.1) is 23.1 Å². The van der Waals surface area contributed by atoms with Crippen LogP contribution in [0, 0.1) is 0 Å². The Hall–Kier alpha value is -1.01. The Morgan fingerprint density at radius 2 is 1.86 bits per heavy atom. The first-order chi connectivity index (χ1) is 10.1. The molecule has 0 fully saturated rings. The van der Waals surface area contributed by atoms with Crippen molar-refractivity contribution in [1.29, 1.82) is 0 Å². The molecule has 0 radical (unpaired) electrons. The molecule has 0 spiro atoms. The fourth-order valence-electron chi connectivity index (χ4n) is 1.80. The number of amides is 1. The molecular weight excluding hydrogens is 306 g/mol. The van der Waals surface area contributed by atoms with Crippen LogP contribution in [0.4, 0.5) is 0 Å². The molecule has 0 saturated carbocycles. The second-order valence-corrected chi connectivity index (χ2v) is 6.79. The van der Waals surface area contributed by atoms with Crippen molar-refractivity contribution in [2.75, 3.05) is 18.8 Å². The monoisotopic (exact) mass is 329 g/mol. The van der Waals surface area contributed by atoms with E-state index in [1.807, 2.05) is 4.90 Å². The van der Waals surface area contributed by atoms with Crippen molar-refractivity contribution < 1.29 is 14.7 Å². The number of thiophene rings is 1. The van der Waals surface area contributed by atoms with Crippen molar-refractivity contribution in [3.05, 3.63) is 16.3 Å². The average Bonchev–Trinajstić information content (AvgIpc) is 2.94. The molecule has 0 bridgehead atoms. The van der Waals surface area contributed by atoms with Gasteiger partial charge in [0.2, 0.25) is 5.91 Å². The summed E-state index contributed by atoms with van der Waals surface area (Å²) in [5.41, 5.74) is 0. The SMILES string of the molecule is CCCCN(CCCC)C(=O)CSc1csc(C(=O)O)c1. The standard InChI is InChI=1S/C15H23NO3S2/c1-3-5-7-16(8-6-4-2)14(17)11-20-12-9-13(15(18)19)21-10-12/h9-10H,3-8,11H2,1-2H3,(H,18,19). The first-order valence-corrected chi connectivity index (χ1v) is 9.17. The predicted molar refractivity (Wildman–Crippen MR) is 88.4 cm³/mol. The van der Waals surface area contributed by atoms with Gasteiger partial charge in [0.25, 0.3) is 0 Å². The summed E-state index contributed by atoms with van der Waals surface area (Å²) < 4.78 is 0. The lowest BCUT2D eigenvalue weighted by atomic mass is 10.2. The van der Waals surface area contributed by atoms with Gasteiger partial charge >= 0.3 is 5.97 Å². The van der Waals surface area contributed by atoms with Gasteiger partial charge in [-0.1, -0.05) is 26.7 Å². The predicted octanol–water partition coefficient (Wildman–Crippen LogP) is 3.97. The van der Waals surface area contributed by atoms with E-state index in [1.54, 1.807) is 11.4 Å². The Labute approximate surface area is 134 Å². The van der Waals surface area contributed by atoms with Crippen LogP contribution in [0.15, 0.2) is 16.3 Å². The van der Waals surface area contributed by atoms with Crippen LogP contribution in [0.25, 0.3) is 0 Å². The van der Waals surface area contributed by atoms with Crippen LogP contribution in [-0.2, 0) is 4.79 Å². The molecule has 1 N–H and O–H groups in total. The Balaban J connectivity index is 2.48. The summed E-state index contributed by atoms with van der Waals surface area (Å²) in [7, 11) is 0. The van der Waals surface area contributed by atoms with Crippen molar-refractivity contribution in [1.82, 2.24) is 4.90 Å². The molecule has 0 aliphatic rings. The Bertz CT molecular complexity index is 452. The Kier molecular flexibility index (Phi) is 8.45. The number of carboxylic acids is 1. The maximum Gasteiger partial charge on any atom is 0.345 e. The minimum absolute atomic E-state index is 0.143. The smallest absolute Gasteiger partial charge is 0.345 e. The zero-order valence-electron chi connectivity index (χ0n) is 12.6. The third-order valence-corrected chi connectivity index (χ3v) is 5.09. The molecule has 1 heterocycles. The minimum atomic E-state index is -0.911. The number of carbonyl (C=O) groups is 2. The summed E-state index contributed by atoms with van der Waals surface area (Å²) in [5.74, 6) is -0.390. The van der Waals surface area contributed by atoms with Gasteiger partial charge < -0.3 is 10.0 Å². The average molecular weight is 329 g/mol. The largest absolute Gasteiger partial charge is 0.477 e. The molecule has 0 saturated heterocycles. The molecule has 1 amide bonds. The Morgan fingerprint density at radius 3 is 2.33 bits per heavy atom. The van der Waals surface area contributed by atoms with Crippen LogP contribution in [0.1, 0.15) is 49.2 Å². The van der Waals surface area contributed by atoms with E-state index in [1.165, 1.54) is 23.1 Å². The number of unbranched alkanes of at least 4 members (excludes halogenated alkanes) is 2. The lowest BCUT2D eigenvalue weighted by Crippen LogP contribution is -2.34. The third kappa shape index (κ3) is 6.52. The van der Waals surface area contributed by atoms with Gasteiger partial charge in [-0.25, -0.2) is 4.79 Å². The van der Waals surface area contributed by atoms with Crippen molar-refractivity contribution >= 4 is 35.0 Å². The quantitative estimate of drug-likeness (QED) is 0.660. The van der Waals surface area contributed by atoms with Crippen LogP contribution < -0.4 is 0 Å². The molecule has 0 unspecified atom stereocenters. The lowest BCUT2D eigenvalue weighted by molar-refractivity contribution is -0.128. The van der Waals surface area contributed by atoms with E-state index in [-0.39, 0.29) is 5.91 Å². The summed E-state index contributed by atoms with van der Waals surface area (Å²) in [6, 6.07) is 1.63. The number of carbonyl (C=O) groups excluding carboxylic acids is 1. The second kappa shape index (κ2) is 9.84.